The molecule has 1 aromatic rings. The molecule has 1 saturated heterocycles. The standard InChI is InChI=1S/C14H25ClN6O3/c1-22-8-9-24-11-10-23-7-6-20-2-4-21(5-3-20)14-17-13(16)12(15)18-19-14/h2-11H2,1H3,(H2,16,17,19). The van der Waals surface area contributed by atoms with Crippen molar-refractivity contribution in [1.82, 2.24) is 20.1 Å². The predicted octanol–water partition coefficient (Wildman–Crippen LogP) is -0.0912. The van der Waals surface area contributed by atoms with Crippen LogP contribution in [0.5, 0.6) is 0 Å². The Morgan fingerprint density at radius 2 is 1.67 bits per heavy atom. The molecule has 2 N–H and O–H groups in total. The minimum absolute atomic E-state index is 0.140. The molecular weight excluding hydrogens is 336 g/mol. The normalized spacial score (nSPS) is 15.8. The third kappa shape index (κ3) is 6.33. The van der Waals surface area contributed by atoms with Gasteiger partial charge >= 0.3 is 0 Å². The Balaban J connectivity index is 1.57. The minimum Gasteiger partial charge on any atom is -0.382 e. The van der Waals surface area contributed by atoms with E-state index in [-0.39, 0.29) is 11.0 Å². The first-order valence-electron chi connectivity index (χ1n) is 7.98. The van der Waals surface area contributed by atoms with E-state index >= 15 is 0 Å². The maximum atomic E-state index is 5.74. The first-order chi connectivity index (χ1) is 11.7. The molecule has 0 saturated carbocycles. The minimum atomic E-state index is 0.140. The topological polar surface area (TPSA) is 98.9 Å². The van der Waals surface area contributed by atoms with Crippen molar-refractivity contribution in [2.45, 2.75) is 0 Å². The second kappa shape index (κ2) is 10.6. The van der Waals surface area contributed by atoms with Gasteiger partial charge < -0.3 is 24.8 Å². The van der Waals surface area contributed by atoms with Crippen LogP contribution >= 0.6 is 11.6 Å². The van der Waals surface area contributed by atoms with E-state index in [0.717, 1.165) is 32.7 Å². The molecule has 0 amide bonds. The van der Waals surface area contributed by atoms with Crippen LogP contribution in [0.2, 0.25) is 5.15 Å². The lowest BCUT2D eigenvalue weighted by Crippen LogP contribution is -2.48. The molecule has 0 aliphatic carbocycles. The zero-order valence-corrected chi connectivity index (χ0v) is 14.7. The van der Waals surface area contributed by atoms with E-state index in [1.54, 1.807) is 7.11 Å². The van der Waals surface area contributed by atoms with Crippen LogP contribution in [0.15, 0.2) is 0 Å². The van der Waals surface area contributed by atoms with Gasteiger partial charge in [-0.15, -0.1) is 10.2 Å². The SMILES string of the molecule is COCCOCCOCCN1CCN(c2nnc(Cl)c(N)n2)CC1. The molecule has 0 bridgehead atoms. The maximum Gasteiger partial charge on any atom is 0.247 e. The van der Waals surface area contributed by atoms with Gasteiger partial charge in [0.15, 0.2) is 11.0 Å². The predicted molar refractivity (Wildman–Crippen MR) is 91.4 cm³/mol. The summed E-state index contributed by atoms with van der Waals surface area (Å²) in [6.07, 6.45) is 0. The van der Waals surface area contributed by atoms with Crippen molar-refractivity contribution in [3.8, 4) is 0 Å². The number of ether oxygens (including phenoxy) is 3. The van der Waals surface area contributed by atoms with Crippen LogP contribution < -0.4 is 10.6 Å². The number of piperazine rings is 1. The number of hydrogen-bond acceptors (Lipinski definition) is 9. The van der Waals surface area contributed by atoms with Crippen LogP contribution in [0.25, 0.3) is 0 Å². The molecule has 10 heteroatoms. The Hall–Kier alpha value is -1.26. The van der Waals surface area contributed by atoms with Crippen LogP contribution in [0.1, 0.15) is 0 Å². The van der Waals surface area contributed by atoms with Gasteiger partial charge in [0.25, 0.3) is 0 Å². The summed E-state index contributed by atoms with van der Waals surface area (Å²) < 4.78 is 15.8. The summed E-state index contributed by atoms with van der Waals surface area (Å²) in [7, 11) is 1.66. The quantitative estimate of drug-likeness (QED) is 0.574. The van der Waals surface area contributed by atoms with Crippen molar-refractivity contribution < 1.29 is 14.2 Å². The van der Waals surface area contributed by atoms with Gasteiger partial charge in [0.05, 0.1) is 33.0 Å². The van der Waals surface area contributed by atoms with Gasteiger partial charge in [0.1, 0.15) is 0 Å². The molecule has 1 aromatic heterocycles. The largest absolute Gasteiger partial charge is 0.382 e. The fourth-order valence-electron chi connectivity index (χ4n) is 2.28. The van der Waals surface area contributed by atoms with E-state index in [0.29, 0.717) is 39.0 Å². The molecule has 9 nitrogen and oxygen atoms in total. The first-order valence-corrected chi connectivity index (χ1v) is 8.36. The van der Waals surface area contributed by atoms with Gasteiger partial charge in [-0.2, -0.15) is 4.98 Å². The molecular formula is C14H25ClN6O3. The number of anilines is 2. The number of halogens is 1. The average molecular weight is 361 g/mol. The fraction of sp³-hybridized carbons (Fsp3) is 0.786. The number of hydrogen-bond donors (Lipinski definition) is 1. The number of nitrogens with zero attached hydrogens (tertiary/aromatic N) is 5. The summed E-state index contributed by atoms with van der Waals surface area (Å²) in [5.74, 6) is 0.742. The van der Waals surface area contributed by atoms with E-state index < -0.39 is 0 Å². The highest BCUT2D eigenvalue weighted by Crippen LogP contribution is 2.16. The molecule has 0 atom stereocenters. The van der Waals surface area contributed by atoms with E-state index in [4.69, 9.17) is 31.5 Å². The highest BCUT2D eigenvalue weighted by molar-refractivity contribution is 6.31. The Kier molecular flexibility index (Phi) is 8.40. The number of aromatic nitrogens is 3. The molecule has 24 heavy (non-hydrogen) atoms. The first kappa shape index (κ1) is 19.1. The van der Waals surface area contributed by atoms with E-state index in [2.05, 4.69) is 25.0 Å². The van der Waals surface area contributed by atoms with Crippen molar-refractivity contribution in [3.05, 3.63) is 5.15 Å². The van der Waals surface area contributed by atoms with Gasteiger partial charge in [-0.3, -0.25) is 4.90 Å². The Morgan fingerprint density at radius 1 is 1.00 bits per heavy atom. The van der Waals surface area contributed by atoms with Gasteiger partial charge in [-0.1, -0.05) is 11.6 Å². The van der Waals surface area contributed by atoms with E-state index in [1.807, 2.05) is 0 Å². The van der Waals surface area contributed by atoms with Gasteiger partial charge in [-0.05, 0) is 0 Å². The molecule has 1 aliphatic heterocycles. The van der Waals surface area contributed by atoms with Crippen molar-refractivity contribution in [3.63, 3.8) is 0 Å². The summed E-state index contributed by atoms with van der Waals surface area (Å²) in [5.41, 5.74) is 5.67. The summed E-state index contributed by atoms with van der Waals surface area (Å²) in [5, 5.41) is 7.93. The van der Waals surface area contributed by atoms with Gasteiger partial charge in [-0.25, -0.2) is 0 Å². The lowest BCUT2D eigenvalue weighted by molar-refractivity contribution is 0.0192. The highest BCUT2D eigenvalue weighted by Gasteiger charge is 2.19. The number of nitrogen functional groups attached to an aromatic ring is 1. The number of methoxy groups -OCH3 is 1. The zero-order chi connectivity index (χ0) is 17.2. The summed E-state index contributed by atoms with van der Waals surface area (Å²) in [6, 6.07) is 0. The third-order valence-electron chi connectivity index (χ3n) is 3.67. The van der Waals surface area contributed by atoms with E-state index in [1.165, 1.54) is 0 Å². The van der Waals surface area contributed by atoms with Crippen LogP contribution in [0.4, 0.5) is 11.8 Å². The van der Waals surface area contributed by atoms with Crippen molar-refractivity contribution in [2.24, 2.45) is 0 Å². The smallest absolute Gasteiger partial charge is 0.247 e. The maximum absolute atomic E-state index is 5.74. The Morgan fingerprint density at radius 3 is 2.33 bits per heavy atom. The van der Waals surface area contributed by atoms with Crippen LogP contribution in [-0.4, -0.2) is 92.9 Å². The van der Waals surface area contributed by atoms with Crippen molar-refractivity contribution in [2.75, 3.05) is 83.5 Å². The van der Waals surface area contributed by atoms with E-state index in [9.17, 15) is 0 Å². The van der Waals surface area contributed by atoms with Crippen LogP contribution in [0, 0.1) is 0 Å². The lowest BCUT2D eigenvalue weighted by atomic mass is 10.3. The third-order valence-corrected chi connectivity index (χ3v) is 3.94. The fourth-order valence-corrected chi connectivity index (χ4v) is 2.36. The highest BCUT2D eigenvalue weighted by atomic mass is 35.5. The van der Waals surface area contributed by atoms with Crippen LogP contribution in [-0.2, 0) is 14.2 Å². The Bertz CT molecular complexity index is 488. The summed E-state index contributed by atoms with van der Waals surface area (Å²) in [6.45, 7) is 7.49. The summed E-state index contributed by atoms with van der Waals surface area (Å²) in [4.78, 5) is 8.57. The second-order valence-electron chi connectivity index (χ2n) is 5.33. The van der Waals surface area contributed by atoms with Crippen molar-refractivity contribution >= 4 is 23.4 Å². The van der Waals surface area contributed by atoms with Crippen molar-refractivity contribution in [1.29, 1.82) is 0 Å². The zero-order valence-electron chi connectivity index (χ0n) is 14.0. The number of rotatable bonds is 10. The summed E-state index contributed by atoms with van der Waals surface area (Å²) >= 11 is 5.74. The van der Waals surface area contributed by atoms with Gasteiger partial charge in [0, 0.05) is 39.8 Å². The molecule has 1 aliphatic rings. The van der Waals surface area contributed by atoms with Crippen LogP contribution in [0.3, 0.4) is 0 Å². The molecule has 0 spiro atoms. The second-order valence-corrected chi connectivity index (χ2v) is 5.69. The number of nitrogens with two attached hydrogens (primary N) is 1. The molecule has 1 fully saturated rings. The molecule has 2 heterocycles. The molecule has 0 radical (unpaired) electrons. The molecule has 0 unspecified atom stereocenters. The molecule has 2 rings (SSSR count). The average Bonchev–Trinajstić information content (AvgIpc) is 2.60. The molecule has 0 aromatic carbocycles. The Labute approximate surface area is 147 Å². The molecule has 136 valence electrons. The lowest BCUT2D eigenvalue weighted by Gasteiger charge is -2.34. The monoisotopic (exact) mass is 360 g/mol. The van der Waals surface area contributed by atoms with Gasteiger partial charge in [0.2, 0.25) is 5.95 Å².